The summed E-state index contributed by atoms with van der Waals surface area (Å²) in [5.74, 6) is 0.446. The Morgan fingerprint density at radius 1 is 1.50 bits per heavy atom. The van der Waals surface area contributed by atoms with Gasteiger partial charge in [0, 0.05) is 19.1 Å². The molecule has 18 heavy (non-hydrogen) atoms. The second-order valence-corrected chi connectivity index (χ2v) is 6.85. The fraction of sp³-hybridized carbons (Fsp3) is 0.583. The van der Waals surface area contributed by atoms with Crippen LogP contribution in [0.1, 0.15) is 13.8 Å². The highest BCUT2D eigenvalue weighted by molar-refractivity contribution is 7.91. The van der Waals surface area contributed by atoms with Gasteiger partial charge in [0.25, 0.3) is 0 Å². The first kappa shape index (κ1) is 13.1. The van der Waals surface area contributed by atoms with Crippen LogP contribution in [0.25, 0.3) is 0 Å². The molecule has 0 radical (unpaired) electrons. The molecule has 0 bridgehead atoms. The zero-order valence-corrected chi connectivity index (χ0v) is 11.6. The van der Waals surface area contributed by atoms with Crippen LogP contribution in [-0.2, 0) is 9.84 Å². The highest BCUT2D eigenvalue weighted by Gasteiger charge is 2.28. The van der Waals surface area contributed by atoms with E-state index in [0.29, 0.717) is 6.54 Å². The summed E-state index contributed by atoms with van der Waals surface area (Å²) in [6, 6.07) is 2.02. The van der Waals surface area contributed by atoms with Gasteiger partial charge in [-0.05, 0) is 19.9 Å². The normalized spacial score (nSPS) is 22.8. The molecule has 1 atom stereocenters. The van der Waals surface area contributed by atoms with Crippen LogP contribution in [0.5, 0.6) is 0 Å². The average molecular weight is 269 g/mol. The molecular weight excluding hydrogens is 250 g/mol. The van der Waals surface area contributed by atoms with Crippen LogP contribution in [0.3, 0.4) is 0 Å². The number of nitrogens with one attached hydrogen (secondary N) is 1. The van der Waals surface area contributed by atoms with Crippen molar-refractivity contribution in [3.8, 4) is 0 Å². The highest BCUT2D eigenvalue weighted by Crippen LogP contribution is 2.23. The van der Waals surface area contributed by atoms with E-state index in [0.717, 1.165) is 17.9 Å². The van der Waals surface area contributed by atoms with E-state index in [1.54, 1.807) is 12.4 Å². The molecule has 1 saturated heterocycles. The first-order valence-corrected chi connectivity index (χ1v) is 8.00. The summed E-state index contributed by atoms with van der Waals surface area (Å²) in [7, 11) is -2.87. The summed E-state index contributed by atoms with van der Waals surface area (Å²) in [5.41, 5.74) is 1.95. The van der Waals surface area contributed by atoms with Gasteiger partial charge < -0.3 is 10.2 Å². The molecule has 0 saturated carbocycles. The molecule has 1 aliphatic rings. The molecule has 2 heterocycles. The van der Waals surface area contributed by atoms with Crippen molar-refractivity contribution in [2.75, 3.05) is 34.8 Å². The number of rotatable bonds is 3. The van der Waals surface area contributed by atoms with Crippen LogP contribution in [0.2, 0.25) is 0 Å². The summed E-state index contributed by atoms with van der Waals surface area (Å²) in [5, 5.41) is 3.21. The van der Waals surface area contributed by atoms with Crippen molar-refractivity contribution in [3.05, 3.63) is 18.5 Å². The minimum Gasteiger partial charge on any atom is -0.384 e. The van der Waals surface area contributed by atoms with Crippen molar-refractivity contribution in [2.24, 2.45) is 0 Å². The van der Waals surface area contributed by atoms with Crippen LogP contribution in [-0.4, -0.2) is 44.0 Å². The quantitative estimate of drug-likeness (QED) is 0.891. The Labute approximate surface area is 108 Å². The Kier molecular flexibility index (Phi) is 3.75. The van der Waals surface area contributed by atoms with E-state index in [4.69, 9.17) is 0 Å². The molecule has 1 aromatic heterocycles. The second-order valence-electron chi connectivity index (χ2n) is 4.62. The number of hydrogen-bond donors (Lipinski definition) is 1. The Morgan fingerprint density at radius 3 is 2.94 bits per heavy atom. The zero-order chi connectivity index (χ0) is 13.2. The number of anilines is 2. The molecule has 1 aromatic rings. The lowest BCUT2D eigenvalue weighted by Gasteiger charge is -2.35. The Bertz CT molecular complexity index is 516. The molecule has 100 valence electrons. The lowest BCUT2D eigenvalue weighted by molar-refractivity contribution is 0.568. The van der Waals surface area contributed by atoms with Crippen LogP contribution in [0.4, 0.5) is 11.4 Å². The Morgan fingerprint density at radius 2 is 2.28 bits per heavy atom. The number of sulfone groups is 1. The smallest absolute Gasteiger partial charge is 0.154 e. The summed E-state index contributed by atoms with van der Waals surface area (Å²) in [6.45, 7) is 5.36. The summed E-state index contributed by atoms with van der Waals surface area (Å²) >= 11 is 0. The van der Waals surface area contributed by atoms with Crippen molar-refractivity contribution >= 4 is 21.2 Å². The number of nitrogens with zero attached hydrogens (tertiary/aromatic N) is 2. The molecule has 1 fully saturated rings. The molecule has 0 amide bonds. The lowest BCUT2D eigenvalue weighted by atomic mass is 10.2. The van der Waals surface area contributed by atoms with Crippen molar-refractivity contribution in [3.63, 3.8) is 0 Å². The third-order valence-electron chi connectivity index (χ3n) is 3.11. The van der Waals surface area contributed by atoms with Gasteiger partial charge in [0.15, 0.2) is 9.84 Å². The SMILES string of the molecule is CCNc1cncc(N2CCS(=O)(=O)CC2C)c1. The molecule has 6 heteroatoms. The minimum atomic E-state index is -2.87. The summed E-state index contributed by atoms with van der Waals surface area (Å²) < 4.78 is 23.1. The first-order chi connectivity index (χ1) is 8.52. The first-order valence-electron chi connectivity index (χ1n) is 6.18. The fourth-order valence-corrected chi connectivity index (χ4v) is 3.82. The van der Waals surface area contributed by atoms with E-state index in [1.165, 1.54) is 0 Å². The van der Waals surface area contributed by atoms with Crippen molar-refractivity contribution in [2.45, 2.75) is 19.9 Å². The largest absolute Gasteiger partial charge is 0.384 e. The molecule has 0 aliphatic carbocycles. The Hall–Kier alpha value is -1.30. The standard InChI is InChI=1S/C12H19N3O2S/c1-3-14-11-6-12(8-13-7-11)15-4-5-18(16,17)9-10(15)2/h6-8,10,14H,3-5,9H2,1-2H3. The van der Waals surface area contributed by atoms with Gasteiger partial charge in [-0.1, -0.05) is 0 Å². The van der Waals surface area contributed by atoms with Gasteiger partial charge in [-0.2, -0.15) is 0 Å². The van der Waals surface area contributed by atoms with Gasteiger partial charge in [-0.25, -0.2) is 8.42 Å². The summed E-state index contributed by atoms with van der Waals surface area (Å²) in [6.07, 6.45) is 3.56. The maximum atomic E-state index is 11.6. The van der Waals surface area contributed by atoms with Gasteiger partial charge in [0.05, 0.1) is 35.3 Å². The van der Waals surface area contributed by atoms with E-state index < -0.39 is 9.84 Å². The van der Waals surface area contributed by atoms with Gasteiger partial charge >= 0.3 is 0 Å². The van der Waals surface area contributed by atoms with Crippen LogP contribution >= 0.6 is 0 Å². The van der Waals surface area contributed by atoms with Crippen molar-refractivity contribution in [1.29, 1.82) is 0 Å². The van der Waals surface area contributed by atoms with E-state index in [-0.39, 0.29) is 17.5 Å². The number of aromatic nitrogens is 1. The summed E-state index contributed by atoms with van der Waals surface area (Å²) in [4.78, 5) is 6.30. The topological polar surface area (TPSA) is 62.3 Å². The second kappa shape index (κ2) is 5.14. The van der Waals surface area contributed by atoms with Gasteiger partial charge in [0.2, 0.25) is 0 Å². The van der Waals surface area contributed by atoms with E-state index in [1.807, 2.05) is 19.9 Å². The molecular formula is C12H19N3O2S. The maximum absolute atomic E-state index is 11.6. The van der Waals surface area contributed by atoms with Crippen LogP contribution in [0, 0.1) is 0 Å². The third kappa shape index (κ3) is 2.93. The highest BCUT2D eigenvalue weighted by atomic mass is 32.2. The van der Waals surface area contributed by atoms with Gasteiger partial charge in [-0.15, -0.1) is 0 Å². The van der Waals surface area contributed by atoms with Crippen molar-refractivity contribution < 1.29 is 8.42 Å². The van der Waals surface area contributed by atoms with Gasteiger partial charge in [-0.3, -0.25) is 4.98 Å². The molecule has 0 spiro atoms. The van der Waals surface area contributed by atoms with Gasteiger partial charge in [0.1, 0.15) is 0 Å². The van der Waals surface area contributed by atoms with Crippen LogP contribution in [0.15, 0.2) is 18.5 Å². The van der Waals surface area contributed by atoms with Crippen LogP contribution < -0.4 is 10.2 Å². The monoisotopic (exact) mass is 269 g/mol. The average Bonchev–Trinajstić information content (AvgIpc) is 2.28. The Balaban J connectivity index is 2.19. The number of hydrogen-bond acceptors (Lipinski definition) is 5. The molecule has 1 N–H and O–H groups in total. The maximum Gasteiger partial charge on any atom is 0.154 e. The minimum absolute atomic E-state index is 0.00225. The third-order valence-corrected chi connectivity index (χ3v) is 4.90. The fourth-order valence-electron chi connectivity index (χ4n) is 2.27. The van der Waals surface area contributed by atoms with E-state index in [9.17, 15) is 8.42 Å². The zero-order valence-electron chi connectivity index (χ0n) is 10.8. The van der Waals surface area contributed by atoms with E-state index >= 15 is 0 Å². The molecule has 2 rings (SSSR count). The molecule has 5 nitrogen and oxygen atoms in total. The predicted molar refractivity (Wildman–Crippen MR) is 73.9 cm³/mol. The van der Waals surface area contributed by atoms with E-state index in [2.05, 4.69) is 15.2 Å². The lowest BCUT2D eigenvalue weighted by Crippen LogP contribution is -2.47. The molecule has 0 aromatic carbocycles. The molecule has 1 aliphatic heterocycles. The van der Waals surface area contributed by atoms with Crippen molar-refractivity contribution in [1.82, 2.24) is 4.98 Å². The predicted octanol–water partition coefficient (Wildman–Crippen LogP) is 1.14. The molecule has 1 unspecified atom stereocenters. The number of pyridine rings is 1.